The number of ether oxygens (including phenoxy) is 1. The predicted molar refractivity (Wildman–Crippen MR) is 42.4 cm³/mol. The highest BCUT2D eigenvalue weighted by molar-refractivity contribution is 5.76. The Morgan fingerprint density at radius 2 is 2.27 bits per heavy atom. The highest BCUT2D eigenvalue weighted by Crippen LogP contribution is 2.00. The largest absolute Gasteiger partial charge is 0.396 e. The van der Waals surface area contributed by atoms with Crippen molar-refractivity contribution in [3.8, 4) is 0 Å². The smallest absolute Gasteiger partial charge is 0.155 e. The highest BCUT2D eigenvalue weighted by Gasteiger charge is 2.02. The maximum Gasteiger partial charge on any atom is 0.155 e. The van der Waals surface area contributed by atoms with E-state index in [0.717, 1.165) is 12.8 Å². The van der Waals surface area contributed by atoms with Gasteiger partial charge in [-0.15, -0.1) is 0 Å². The number of aliphatic hydroxyl groups excluding tert-OH is 1. The zero-order chi connectivity index (χ0) is 8.69. The molecule has 0 aliphatic heterocycles. The van der Waals surface area contributed by atoms with Gasteiger partial charge >= 0.3 is 0 Å². The van der Waals surface area contributed by atoms with E-state index in [1.54, 1.807) is 0 Å². The molecule has 0 amide bonds. The molecule has 0 aliphatic carbocycles. The normalized spacial score (nSPS) is 13.0. The van der Waals surface area contributed by atoms with Gasteiger partial charge in [-0.1, -0.05) is 0 Å². The van der Waals surface area contributed by atoms with Gasteiger partial charge in [0.2, 0.25) is 0 Å². The van der Waals surface area contributed by atoms with Gasteiger partial charge in [0.05, 0.1) is 6.10 Å². The van der Waals surface area contributed by atoms with E-state index < -0.39 is 0 Å². The lowest BCUT2D eigenvalue weighted by molar-refractivity contribution is -0.123. The topological polar surface area (TPSA) is 46.5 Å². The van der Waals surface area contributed by atoms with Gasteiger partial charge in [-0.3, -0.25) is 4.79 Å². The van der Waals surface area contributed by atoms with E-state index in [2.05, 4.69) is 0 Å². The molecule has 0 spiro atoms. The summed E-state index contributed by atoms with van der Waals surface area (Å²) in [7, 11) is 0. The minimum Gasteiger partial charge on any atom is -0.396 e. The Morgan fingerprint density at radius 1 is 1.64 bits per heavy atom. The van der Waals surface area contributed by atoms with Crippen LogP contribution in [0.1, 0.15) is 26.7 Å². The minimum atomic E-state index is 0.0425. The predicted octanol–water partition coefficient (Wildman–Crippen LogP) is 0.753. The molecule has 1 N–H and O–H groups in total. The first kappa shape index (κ1) is 10.6. The fraction of sp³-hybridized carbons (Fsp3) is 0.875. The van der Waals surface area contributed by atoms with Crippen LogP contribution in [0.3, 0.4) is 0 Å². The lowest BCUT2D eigenvalue weighted by Gasteiger charge is -2.09. The number of Topliss-reactive ketones (excluding diaryl/α,β-unsaturated/α-hetero) is 1. The van der Waals surface area contributed by atoms with Gasteiger partial charge in [-0.2, -0.15) is 0 Å². The van der Waals surface area contributed by atoms with Gasteiger partial charge in [0, 0.05) is 6.61 Å². The van der Waals surface area contributed by atoms with Crippen LogP contribution in [-0.4, -0.2) is 30.2 Å². The fourth-order valence-corrected chi connectivity index (χ4v) is 0.722. The second kappa shape index (κ2) is 6.31. The molecule has 66 valence electrons. The first-order chi connectivity index (χ1) is 5.16. The maximum absolute atomic E-state index is 10.4. The zero-order valence-electron chi connectivity index (χ0n) is 7.17. The SMILES string of the molecule is CC(=O)COC(C)CCCO. The number of rotatable bonds is 6. The van der Waals surface area contributed by atoms with Crippen LogP contribution < -0.4 is 0 Å². The lowest BCUT2D eigenvalue weighted by Crippen LogP contribution is -2.13. The Kier molecular flexibility index (Phi) is 6.07. The quantitative estimate of drug-likeness (QED) is 0.623. The van der Waals surface area contributed by atoms with Crippen LogP contribution in [-0.2, 0) is 9.53 Å². The van der Waals surface area contributed by atoms with Gasteiger partial charge in [0.15, 0.2) is 5.78 Å². The lowest BCUT2D eigenvalue weighted by atomic mass is 10.2. The summed E-state index contributed by atoms with van der Waals surface area (Å²) in [6.07, 6.45) is 1.62. The average molecular weight is 160 g/mol. The van der Waals surface area contributed by atoms with Gasteiger partial charge in [0.25, 0.3) is 0 Å². The van der Waals surface area contributed by atoms with Crippen LogP contribution in [0.4, 0.5) is 0 Å². The number of aliphatic hydroxyl groups is 1. The molecule has 0 heterocycles. The van der Waals surface area contributed by atoms with Crippen molar-refractivity contribution in [1.82, 2.24) is 0 Å². The molecule has 3 heteroatoms. The van der Waals surface area contributed by atoms with Crippen LogP contribution in [0.25, 0.3) is 0 Å². The van der Waals surface area contributed by atoms with Crippen LogP contribution in [0.2, 0.25) is 0 Å². The van der Waals surface area contributed by atoms with E-state index in [9.17, 15) is 4.79 Å². The van der Waals surface area contributed by atoms with Crippen LogP contribution >= 0.6 is 0 Å². The standard InChI is InChI=1S/C8H16O3/c1-7(10)6-11-8(2)4-3-5-9/h8-9H,3-6H2,1-2H3. The van der Waals surface area contributed by atoms with Crippen molar-refractivity contribution in [3.63, 3.8) is 0 Å². The van der Waals surface area contributed by atoms with Gasteiger partial charge in [-0.25, -0.2) is 0 Å². The second-order valence-electron chi connectivity index (χ2n) is 2.69. The summed E-state index contributed by atoms with van der Waals surface area (Å²) in [6, 6.07) is 0. The Balaban J connectivity index is 3.22. The zero-order valence-corrected chi connectivity index (χ0v) is 7.17. The molecule has 0 aliphatic rings. The molecule has 3 nitrogen and oxygen atoms in total. The molecule has 1 unspecified atom stereocenters. The molecule has 0 fully saturated rings. The van der Waals surface area contributed by atoms with E-state index in [4.69, 9.17) is 9.84 Å². The molecule has 1 atom stereocenters. The third-order valence-electron chi connectivity index (χ3n) is 1.34. The molecule has 0 aromatic heterocycles. The third kappa shape index (κ3) is 7.49. The summed E-state index contributed by atoms with van der Waals surface area (Å²) in [5, 5.41) is 8.47. The van der Waals surface area contributed by atoms with Crippen LogP contribution in [0.15, 0.2) is 0 Å². The number of ketones is 1. The Hall–Kier alpha value is -0.410. The Labute approximate surface area is 67.4 Å². The third-order valence-corrected chi connectivity index (χ3v) is 1.34. The van der Waals surface area contributed by atoms with Crippen molar-refractivity contribution in [2.45, 2.75) is 32.8 Å². The van der Waals surface area contributed by atoms with Crippen molar-refractivity contribution in [3.05, 3.63) is 0 Å². The van der Waals surface area contributed by atoms with Crippen molar-refractivity contribution < 1.29 is 14.6 Å². The Bertz CT molecular complexity index is 112. The van der Waals surface area contributed by atoms with Crippen LogP contribution in [0.5, 0.6) is 0 Å². The summed E-state index contributed by atoms with van der Waals surface area (Å²) in [5.41, 5.74) is 0. The highest BCUT2D eigenvalue weighted by atomic mass is 16.5. The van der Waals surface area contributed by atoms with Gasteiger partial charge in [0.1, 0.15) is 6.61 Å². The molecule has 0 bridgehead atoms. The molecule has 11 heavy (non-hydrogen) atoms. The molecule has 0 rings (SSSR count). The molecular weight excluding hydrogens is 144 g/mol. The van der Waals surface area contributed by atoms with E-state index in [1.165, 1.54) is 6.92 Å². The molecule has 0 saturated carbocycles. The summed E-state index contributed by atoms with van der Waals surface area (Å²) < 4.78 is 5.14. The van der Waals surface area contributed by atoms with E-state index in [1.807, 2.05) is 6.92 Å². The van der Waals surface area contributed by atoms with Crippen LogP contribution in [0, 0.1) is 0 Å². The fourth-order valence-electron chi connectivity index (χ4n) is 0.722. The van der Waals surface area contributed by atoms with E-state index >= 15 is 0 Å². The molecule has 0 aromatic rings. The minimum absolute atomic E-state index is 0.0425. The molecule has 0 aromatic carbocycles. The van der Waals surface area contributed by atoms with Crippen molar-refractivity contribution in [1.29, 1.82) is 0 Å². The molecular formula is C8H16O3. The number of hydrogen-bond acceptors (Lipinski definition) is 3. The Morgan fingerprint density at radius 3 is 2.73 bits per heavy atom. The maximum atomic E-state index is 10.4. The van der Waals surface area contributed by atoms with Crippen molar-refractivity contribution in [2.75, 3.05) is 13.2 Å². The monoisotopic (exact) mass is 160 g/mol. The first-order valence-electron chi connectivity index (χ1n) is 3.88. The van der Waals surface area contributed by atoms with Crippen molar-refractivity contribution in [2.24, 2.45) is 0 Å². The van der Waals surface area contributed by atoms with E-state index in [0.29, 0.717) is 0 Å². The summed E-state index contributed by atoms with van der Waals surface area (Å²) >= 11 is 0. The summed E-state index contributed by atoms with van der Waals surface area (Å²) in [6.45, 7) is 3.78. The first-order valence-corrected chi connectivity index (χ1v) is 3.88. The van der Waals surface area contributed by atoms with Crippen molar-refractivity contribution >= 4 is 5.78 Å². The summed E-state index contributed by atoms with van der Waals surface area (Å²) in [4.78, 5) is 10.4. The number of hydrogen-bond donors (Lipinski definition) is 1. The second-order valence-corrected chi connectivity index (χ2v) is 2.69. The average Bonchev–Trinajstić information content (AvgIpc) is 1.97. The number of carbonyl (C=O) groups is 1. The van der Waals surface area contributed by atoms with E-state index in [-0.39, 0.29) is 25.1 Å². The molecule has 0 saturated heterocycles. The number of carbonyl (C=O) groups excluding carboxylic acids is 1. The summed E-state index contributed by atoms with van der Waals surface area (Å²) in [5.74, 6) is 0.0425. The van der Waals surface area contributed by atoms with Gasteiger partial charge in [-0.05, 0) is 26.7 Å². The molecule has 0 radical (unpaired) electrons. The van der Waals surface area contributed by atoms with Gasteiger partial charge < -0.3 is 9.84 Å².